The van der Waals surface area contributed by atoms with Crippen LogP contribution in [0.1, 0.15) is 35.2 Å². The van der Waals surface area contributed by atoms with Crippen molar-refractivity contribution < 1.29 is 18.8 Å². The molecule has 0 saturated carbocycles. The highest BCUT2D eigenvalue weighted by Crippen LogP contribution is 2.37. The Balaban J connectivity index is 1.37. The van der Waals surface area contributed by atoms with Crippen molar-refractivity contribution in [2.45, 2.75) is 31.4 Å². The number of benzene rings is 2. The van der Waals surface area contributed by atoms with E-state index in [2.05, 4.69) is 0 Å². The second kappa shape index (κ2) is 7.12. The van der Waals surface area contributed by atoms with Crippen LogP contribution in [0.15, 0.2) is 54.6 Å². The highest BCUT2D eigenvalue weighted by Gasteiger charge is 2.47. The fourth-order valence-electron chi connectivity index (χ4n) is 3.71. The molecule has 2 aromatic rings. The van der Waals surface area contributed by atoms with Crippen LogP contribution < -0.4 is 0 Å². The second-order valence-corrected chi connectivity index (χ2v) is 7.17. The van der Waals surface area contributed by atoms with E-state index >= 15 is 0 Å². The lowest BCUT2D eigenvalue weighted by atomic mass is 9.88. The van der Waals surface area contributed by atoms with Crippen molar-refractivity contribution in [3.63, 3.8) is 0 Å². The molecule has 0 bridgehead atoms. The molecule has 2 aliphatic rings. The average Bonchev–Trinajstić information content (AvgIpc) is 2.98. The highest BCUT2D eigenvalue weighted by molar-refractivity contribution is 5.94. The first kappa shape index (κ1) is 17.7. The molecule has 27 heavy (non-hydrogen) atoms. The van der Waals surface area contributed by atoms with E-state index in [4.69, 9.17) is 4.84 Å². The molecule has 0 atom stereocenters. The quantitative estimate of drug-likeness (QED) is 0.836. The summed E-state index contributed by atoms with van der Waals surface area (Å²) in [6.07, 6.45) is 1.56. The van der Waals surface area contributed by atoms with Gasteiger partial charge >= 0.3 is 0 Å². The van der Waals surface area contributed by atoms with E-state index in [9.17, 15) is 14.0 Å². The number of piperidine rings is 1. The number of hydroxylamine groups is 2. The molecule has 0 aliphatic carbocycles. The standard InChI is InChI=1S/C21H21FN2O3/c22-18-8-6-17(7-9-18)20(26)23-12-10-21(11-13-23)14-19(25)24(27-21)15-16-4-2-1-3-5-16/h1-9H,10-15H2. The van der Waals surface area contributed by atoms with Gasteiger partial charge in [-0.05, 0) is 42.7 Å². The predicted molar refractivity (Wildman–Crippen MR) is 97.0 cm³/mol. The molecule has 2 heterocycles. The molecular formula is C21H21FN2O3. The maximum atomic E-state index is 13.0. The van der Waals surface area contributed by atoms with E-state index in [0.29, 0.717) is 44.5 Å². The third kappa shape index (κ3) is 3.71. The van der Waals surface area contributed by atoms with E-state index in [1.807, 2.05) is 30.3 Å². The van der Waals surface area contributed by atoms with Crippen molar-refractivity contribution in [2.24, 2.45) is 0 Å². The van der Waals surface area contributed by atoms with E-state index in [1.54, 1.807) is 4.90 Å². The largest absolute Gasteiger partial charge is 0.338 e. The topological polar surface area (TPSA) is 49.9 Å². The zero-order chi connectivity index (χ0) is 18.9. The lowest BCUT2D eigenvalue weighted by molar-refractivity contribution is -0.213. The highest BCUT2D eigenvalue weighted by atomic mass is 19.1. The van der Waals surface area contributed by atoms with Crippen LogP contribution in [0.25, 0.3) is 0 Å². The Labute approximate surface area is 157 Å². The van der Waals surface area contributed by atoms with Gasteiger partial charge in [-0.25, -0.2) is 9.45 Å². The number of rotatable bonds is 3. The van der Waals surface area contributed by atoms with Gasteiger partial charge in [-0.15, -0.1) is 0 Å². The van der Waals surface area contributed by atoms with E-state index in [0.717, 1.165) is 5.56 Å². The fourth-order valence-corrected chi connectivity index (χ4v) is 3.71. The summed E-state index contributed by atoms with van der Waals surface area (Å²) < 4.78 is 13.0. The summed E-state index contributed by atoms with van der Waals surface area (Å²) in [5.41, 5.74) is 0.971. The van der Waals surface area contributed by atoms with Crippen LogP contribution in [0.4, 0.5) is 4.39 Å². The number of halogens is 1. The zero-order valence-corrected chi connectivity index (χ0v) is 14.9. The maximum absolute atomic E-state index is 13.0. The van der Waals surface area contributed by atoms with Gasteiger partial charge in [0.05, 0.1) is 13.0 Å². The Morgan fingerprint density at radius 3 is 2.37 bits per heavy atom. The molecule has 2 aromatic carbocycles. The van der Waals surface area contributed by atoms with Crippen molar-refractivity contribution in [1.82, 2.24) is 9.96 Å². The third-order valence-corrected chi connectivity index (χ3v) is 5.28. The van der Waals surface area contributed by atoms with Crippen molar-refractivity contribution in [2.75, 3.05) is 13.1 Å². The monoisotopic (exact) mass is 368 g/mol. The summed E-state index contributed by atoms with van der Waals surface area (Å²) >= 11 is 0. The normalized spacial score (nSPS) is 18.9. The molecule has 2 fully saturated rings. The Hall–Kier alpha value is -2.73. The number of carbonyl (C=O) groups excluding carboxylic acids is 2. The number of amides is 2. The van der Waals surface area contributed by atoms with Crippen LogP contribution >= 0.6 is 0 Å². The maximum Gasteiger partial charge on any atom is 0.253 e. The minimum Gasteiger partial charge on any atom is -0.338 e. The van der Waals surface area contributed by atoms with Gasteiger partial charge in [0, 0.05) is 18.7 Å². The first-order valence-electron chi connectivity index (χ1n) is 9.13. The first-order chi connectivity index (χ1) is 13.0. The Morgan fingerprint density at radius 2 is 1.70 bits per heavy atom. The smallest absolute Gasteiger partial charge is 0.253 e. The number of nitrogens with zero attached hydrogens (tertiary/aromatic N) is 2. The third-order valence-electron chi connectivity index (χ3n) is 5.28. The van der Waals surface area contributed by atoms with Crippen molar-refractivity contribution in [3.8, 4) is 0 Å². The Kier molecular flexibility index (Phi) is 4.66. The van der Waals surface area contributed by atoms with Crippen molar-refractivity contribution >= 4 is 11.8 Å². The van der Waals surface area contributed by atoms with Gasteiger partial charge in [-0.1, -0.05) is 30.3 Å². The molecule has 6 heteroatoms. The Bertz CT molecular complexity index is 830. The van der Waals surface area contributed by atoms with Crippen LogP contribution in [0, 0.1) is 5.82 Å². The molecule has 0 aromatic heterocycles. The Morgan fingerprint density at radius 1 is 1.04 bits per heavy atom. The summed E-state index contributed by atoms with van der Waals surface area (Å²) in [5.74, 6) is -0.493. The van der Waals surface area contributed by atoms with Gasteiger partial charge in [-0.3, -0.25) is 14.4 Å². The van der Waals surface area contributed by atoms with E-state index < -0.39 is 5.60 Å². The molecular weight excluding hydrogens is 347 g/mol. The molecule has 0 unspecified atom stereocenters. The number of hydrogen-bond acceptors (Lipinski definition) is 3. The lowest BCUT2D eigenvalue weighted by Gasteiger charge is -2.37. The summed E-state index contributed by atoms with van der Waals surface area (Å²) in [6.45, 7) is 1.46. The number of carbonyl (C=O) groups is 2. The molecule has 1 spiro atoms. The summed E-state index contributed by atoms with van der Waals surface area (Å²) in [7, 11) is 0. The molecule has 140 valence electrons. The molecule has 5 nitrogen and oxygen atoms in total. The van der Waals surface area contributed by atoms with Gasteiger partial charge in [0.25, 0.3) is 5.91 Å². The number of hydrogen-bond donors (Lipinski definition) is 0. The molecule has 2 saturated heterocycles. The summed E-state index contributed by atoms with van der Waals surface area (Å²) in [5, 5.41) is 1.45. The minimum atomic E-state index is -0.522. The first-order valence-corrected chi connectivity index (χ1v) is 9.13. The van der Waals surface area contributed by atoms with Crippen molar-refractivity contribution in [3.05, 3.63) is 71.5 Å². The SMILES string of the molecule is O=C(c1ccc(F)cc1)N1CCC2(CC1)CC(=O)N(Cc1ccccc1)O2. The fraction of sp³-hybridized carbons (Fsp3) is 0.333. The second-order valence-electron chi connectivity index (χ2n) is 7.17. The lowest BCUT2D eigenvalue weighted by Crippen LogP contribution is -2.47. The minimum absolute atomic E-state index is 0.0165. The van der Waals surface area contributed by atoms with Gasteiger partial charge in [0.1, 0.15) is 11.4 Å². The van der Waals surface area contributed by atoms with Gasteiger partial charge in [-0.2, -0.15) is 0 Å². The molecule has 0 N–H and O–H groups in total. The van der Waals surface area contributed by atoms with E-state index in [-0.39, 0.29) is 17.6 Å². The number of likely N-dealkylation sites (tertiary alicyclic amines) is 1. The molecule has 4 rings (SSSR count). The van der Waals surface area contributed by atoms with Crippen molar-refractivity contribution in [1.29, 1.82) is 0 Å². The molecule has 2 amide bonds. The van der Waals surface area contributed by atoms with Crippen LogP contribution in [0.5, 0.6) is 0 Å². The predicted octanol–water partition coefficient (Wildman–Crippen LogP) is 3.16. The zero-order valence-electron chi connectivity index (χ0n) is 14.9. The van der Waals surface area contributed by atoms with E-state index in [1.165, 1.54) is 29.3 Å². The molecule has 0 radical (unpaired) electrons. The van der Waals surface area contributed by atoms with Crippen LogP contribution in [-0.2, 0) is 16.2 Å². The van der Waals surface area contributed by atoms with Gasteiger partial charge in [0.15, 0.2) is 0 Å². The van der Waals surface area contributed by atoms with Crippen LogP contribution in [-0.4, -0.2) is 40.5 Å². The van der Waals surface area contributed by atoms with Gasteiger partial charge < -0.3 is 4.90 Å². The van der Waals surface area contributed by atoms with Gasteiger partial charge in [0.2, 0.25) is 5.91 Å². The van der Waals surface area contributed by atoms with Crippen LogP contribution in [0.2, 0.25) is 0 Å². The average molecular weight is 368 g/mol. The summed E-state index contributed by atoms with van der Waals surface area (Å²) in [4.78, 5) is 32.8. The molecule has 2 aliphatic heterocycles. The summed E-state index contributed by atoms with van der Waals surface area (Å²) in [6, 6.07) is 15.3. The van der Waals surface area contributed by atoms with Crippen LogP contribution in [0.3, 0.4) is 0 Å².